The summed E-state index contributed by atoms with van der Waals surface area (Å²) >= 11 is 0. The number of hydrogen-bond donors (Lipinski definition) is 1. The number of Topliss-reactive ketones (excluding diaryl/α,β-unsaturated/α-hetero) is 1. The van der Waals surface area contributed by atoms with E-state index >= 15 is 0 Å². The number of aryl methyl sites for hydroxylation is 2. The molecule has 0 fully saturated rings. The van der Waals surface area contributed by atoms with Crippen molar-refractivity contribution in [3.05, 3.63) is 53.1 Å². The fraction of sp³-hybridized carbons (Fsp3) is 0.300. The van der Waals surface area contributed by atoms with Crippen molar-refractivity contribution in [2.75, 3.05) is 12.4 Å². The maximum Gasteiger partial charge on any atom is 0.265 e. The molecular formula is C20H23NO4. The van der Waals surface area contributed by atoms with Gasteiger partial charge in [-0.1, -0.05) is 6.07 Å². The summed E-state index contributed by atoms with van der Waals surface area (Å²) in [6, 6.07) is 10.7. The summed E-state index contributed by atoms with van der Waals surface area (Å²) in [4.78, 5) is 24.0. The minimum atomic E-state index is -0.702. The van der Waals surface area contributed by atoms with Crippen LogP contribution in [0.25, 0.3) is 0 Å². The first-order chi connectivity index (χ1) is 11.8. The Balaban J connectivity index is 2.15. The number of carbonyl (C=O) groups excluding carboxylic acids is 2. The van der Waals surface area contributed by atoms with Gasteiger partial charge >= 0.3 is 0 Å². The highest BCUT2D eigenvalue weighted by Crippen LogP contribution is 2.26. The lowest BCUT2D eigenvalue weighted by Crippen LogP contribution is -2.30. The molecule has 1 atom stereocenters. The second-order valence-corrected chi connectivity index (χ2v) is 6.04. The zero-order chi connectivity index (χ0) is 18.6. The lowest BCUT2D eigenvalue weighted by Gasteiger charge is -2.17. The van der Waals surface area contributed by atoms with E-state index in [1.165, 1.54) is 14.0 Å². The summed E-state index contributed by atoms with van der Waals surface area (Å²) in [6.07, 6.45) is -0.702. The summed E-state index contributed by atoms with van der Waals surface area (Å²) < 4.78 is 11.0. The van der Waals surface area contributed by atoms with Gasteiger partial charge in [0.05, 0.1) is 12.8 Å². The quantitative estimate of drug-likeness (QED) is 0.809. The summed E-state index contributed by atoms with van der Waals surface area (Å²) in [5, 5.41) is 2.76. The van der Waals surface area contributed by atoms with Gasteiger partial charge < -0.3 is 14.8 Å². The van der Waals surface area contributed by atoms with Gasteiger partial charge in [0.25, 0.3) is 5.91 Å². The van der Waals surface area contributed by atoms with Crippen LogP contribution in [-0.4, -0.2) is 24.9 Å². The predicted octanol–water partition coefficient (Wildman–Crippen LogP) is 3.92. The molecule has 1 N–H and O–H groups in total. The van der Waals surface area contributed by atoms with Gasteiger partial charge in [0, 0.05) is 5.56 Å². The molecule has 0 aliphatic heterocycles. The summed E-state index contributed by atoms with van der Waals surface area (Å²) in [5.74, 6) is 0.720. The lowest BCUT2D eigenvalue weighted by atomic mass is 10.1. The predicted molar refractivity (Wildman–Crippen MR) is 97.6 cm³/mol. The minimum Gasteiger partial charge on any atom is -0.495 e. The monoisotopic (exact) mass is 341 g/mol. The smallest absolute Gasteiger partial charge is 0.265 e. The molecule has 2 aromatic rings. The number of methoxy groups -OCH3 is 1. The van der Waals surface area contributed by atoms with E-state index in [1.54, 1.807) is 25.1 Å². The number of ketones is 1. The number of hydrogen-bond acceptors (Lipinski definition) is 4. The molecule has 0 saturated carbocycles. The molecule has 5 heteroatoms. The number of nitrogens with one attached hydrogen (secondary N) is 1. The number of rotatable bonds is 6. The van der Waals surface area contributed by atoms with E-state index in [1.807, 2.05) is 32.0 Å². The van der Waals surface area contributed by atoms with Crippen molar-refractivity contribution in [3.8, 4) is 11.5 Å². The Morgan fingerprint density at radius 3 is 2.24 bits per heavy atom. The highest BCUT2D eigenvalue weighted by atomic mass is 16.5. The maximum absolute atomic E-state index is 12.5. The zero-order valence-corrected chi connectivity index (χ0v) is 15.2. The number of amides is 1. The molecule has 2 rings (SSSR count). The Labute approximate surface area is 148 Å². The Morgan fingerprint density at radius 2 is 1.68 bits per heavy atom. The third-order valence-corrected chi connectivity index (χ3v) is 3.74. The maximum atomic E-state index is 12.5. The Hall–Kier alpha value is -2.82. The van der Waals surface area contributed by atoms with E-state index in [-0.39, 0.29) is 11.7 Å². The number of carbonyl (C=O) groups is 2. The molecule has 1 amide bonds. The summed E-state index contributed by atoms with van der Waals surface area (Å²) in [6.45, 7) is 7.10. The third-order valence-electron chi connectivity index (χ3n) is 3.74. The average molecular weight is 341 g/mol. The first kappa shape index (κ1) is 18.5. The fourth-order valence-electron chi connectivity index (χ4n) is 2.52. The molecule has 5 nitrogen and oxygen atoms in total. The number of anilines is 1. The van der Waals surface area contributed by atoms with Crippen molar-refractivity contribution >= 4 is 17.4 Å². The summed E-state index contributed by atoms with van der Waals surface area (Å²) in [5.41, 5.74) is 3.08. The van der Waals surface area contributed by atoms with Gasteiger partial charge in [0.15, 0.2) is 11.9 Å². The molecule has 2 aromatic carbocycles. The van der Waals surface area contributed by atoms with Gasteiger partial charge in [-0.25, -0.2) is 0 Å². The molecule has 0 aliphatic carbocycles. The number of ether oxygens (including phenoxy) is 2. The second kappa shape index (κ2) is 7.83. The molecule has 0 saturated heterocycles. The Morgan fingerprint density at radius 1 is 1.04 bits per heavy atom. The molecule has 25 heavy (non-hydrogen) atoms. The van der Waals surface area contributed by atoms with E-state index in [4.69, 9.17) is 9.47 Å². The van der Waals surface area contributed by atoms with Crippen molar-refractivity contribution in [3.63, 3.8) is 0 Å². The van der Waals surface area contributed by atoms with Gasteiger partial charge in [0.1, 0.15) is 11.5 Å². The fourth-order valence-corrected chi connectivity index (χ4v) is 2.52. The Kier molecular flexibility index (Phi) is 5.80. The first-order valence-electron chi connectivity index (χ1n) is 8.05. The molecule has 0 spiro atoms. The minimum absolute atomic E-state index is 0.0855. The SMILES string of the molecule is COc1ccc(C(C)=O)cc1NC(=O)C(C)Oc1cc(C)cc(C)c1. The van der Waals surface area contributed by atoms with Gasteiger partial charge in [0.2, 0.25) is 0 Å². The van der Waals surface area contributed by atoms with E-state index in [0.717, 1.165) is 11.1 Å². The largest absolute Gasteiger partial charge is 0.495 e. The van der Waals surface area contributed by atoms with E-state index in [2.05, 4.69) is 5.32 Å². The van der Waals surface area contributed by atoms with Gasteiger partial charge in [-0.15, -0.1) is 0 Å². The average Bonchev–Trinajstić information content (AvgIpc) is 2.53. The van der Waals surface area contributed by atoms with Crippen molar-refractivity contribution < 1.29 is 19.1 Å². The van der Waals surface area contributed by atoms with Gasteiger partial charge in [-0.05, 0) is 69.2 Å². The highest BCUT2D eigenvalue weighted by Gasteiger charge is 2.18. The van der Waals surface area contributed by atoms with Crippen LogP contribution in [0, 0.1) is 13.8 Å². The van der Waals surface area contributed by atoms with Crippen molar-refractivity contribution in [1.29, 1.82) is 0 Å². The third kappa shape index (κ3) is 4.83. The van der Waals surface area contributed by atoms with Crippen LogP contribution in [0.4, 0.5) is 5.69 Å². The molecule has 0 radical (unpaired) electrons. The zero-order valence-electron chi connectivity index (χ0n) is 15.2. The Bertz CT molecular complexity index is 778. The lowest BCUT2D eigenvalue weighted by molar-refractivity contribution is -0.122. The standard InChI is InChI=1S/C20H23NO4/c1-12-8-13(2)10-17(9-12)25-15(4)20(23)21-18-11-16(14(3)22)6-7-19(18)24-5/h6-11,15H,1-5H3,(H,21,23). The van der Waals surface area contributed by atoms with Crippen LogP contribution in [0.1, 0.15) is 35.3 Å². The van der Waals surface area contributed by atoms with Crippen LogP contribution >= 0.6 is 0 Å². The van der Waals surface area contributed by atoms with Crippen LogP contribution < -0.4 is 14.8 Å². The molecular weight excluding hydrogens is 318 g/mol. The summed E-state index contributed by atoms with van der Waals surface area (Å²) in [7, 11) is 1.51. The van der Waals surface area contributed by atoms with Gasteiger partial charge in [-0.2, -0.15) is 0 Å². The molecule has 0 heterocycles. The normalized spacial score (nSPS) is 11.6. The number of benzene rings is 2. The van der Waals surface area contributed by atoms with Crippen LogP contribution in [-0.2, 0) is 4.79 Å². The topological polar surface area (TPSA) is 64.6 Å². The van der Waals surface area contributed by atoms with Crippen molar-refractivity contribution in [2.24, 2.45) is 0 Å². The van der Waals surface area contributed by atoms with E-state index < -0.39 is 6.10 Å². The van der Waals surface area contributed by atoms with Gasteiger partial charge in [-0.3, -0.25) is 9.59 Å². The van der Waals surface area contributed by atoms with Crippen LogP contribution in [0.15, 0.2) is 36.4 Å². The van der Waals surface area contributed by atoms with Crippen LogP contribution in [0.3, 0.4) is 0 Å². The van der Waals surface area contributed by atoms with Crippen LogP contribution in [0.2, 0.25) is 0 Å². The molecule has 132 valence electrons. The van der Waals surface area contributed by atoms with Crippen molar-refractivity contribution in [1.82, 2.24) is 0 Å². The molecule has 1 unspecified atom stereocenters. The highest BCUT2D eigenvalue weighted by molar-refractivity contribution is 5.99. The van der Waals surface area contributed by atoms with E-state index in [0.29, 0.717) is 22.7 Å². The van der Waals surface area contributed by atoms with E-state index in [9.17, 15) is 9.59 Å². The first-order valence-corrected chi connectivity index (χ1v) is 8.05. The van der Waals surface area contributed by atoms with Crippen LogP contribution in [0.5, 0.6) is 11.5 Å². The van der Waals surface area contributed by atoms with Crippen molar-refractivity contribution in [2.45, 2.75) is 33.8 Å². The molecule has 0 bridgehead atoms. The second-order valence-electron chi connectivity index (χ2n) is 6.04. The molecule has 0 aliphatic rings. The molecule has 0 aromatic heterocycles.